The minimum atomic E-state index is -0.941. The van der Waals surface area contributed by atoms with E-state index in [9.17, 15) is 9.90 Å². The molecule has 0 saturated carbocycles. The molecule has 5 heteroatoms. The molecule has 3 aromatic rings. The highest BCUT2D eigenvalue weighted by Gasteiger charge is 2.15. The van der Waals surface area contributed by atoms with E-state index in [0.717, 1.165) is 47.1 Å². The van der Waals surface area contributed by atoms with Crippen LogP contribution in [-0.2, 0) is 6.54 Å². The van der Waals surface area contributed by atoms with Crippen LogP contribution in [0.1, 0.15) is 35.7 Å². The van der Waals surface area contributed by atoms with Crippen LogP contribution in [0.4, 0.5) is 0 Å². The normalized spacial score (nSPS) is 11.0. The lowest BCUT2D eigenvalue weighted by molar-refractivity contribution is 0.0697. The Morgan fingerprint density at radius 3 is 2.74 bits per heavy atom. The van der Waals surface area contributed by atoms with E-state index >= 15 is 0 Å². The van der Waals surface area contributed by atoms with Crippen molar-refractivity contribution in [3.8, 4) is 11.3 Å². The first kappa shape index (κ1) is 15.2. The zero-order valence-corrected chi connectivity index (χ0v) is 13.3. The summed E-state index contributed by atoms with van der Waals surface area (Å²) in [6.45, 7) is 4.88. The Kier molecular flexibility index (Phi) is 4.10. The van der Waals surface area contributed by atoms with Crippen LogP contribution in [0, 0.1) is 6.92 Å². The van der Waals surface area contributed by atoms with Crippen LogP contribution >= 0.6 is 0 Å². The average molecular weight is 309 g/mol. The summed E-state index contributed by atoms with van der Waals surface area (Å²) in [6.07, 6.45) is 5.65. The Morgan fingerprint density at radius 1 is 1.26 bits per heavy atom. The summed E-state index contributed by atoms with van der Waals surface area (Å²) in [6, 6.07) is 7.26. The van der Waals surface area contributed by atoms with Gasteiger partial charge in [0.15, 0.2) is 0 Å². The number of hydrogen-bond donors (Lipinski definition) is 1. The molecule has 1 N–H and O–H groups in total. The van der Waals surface area contributed by atoms with Gasteiger partial charge in [-0.2, -0.15) is 5.10 Å². The Hall–Kier alpha value is -2.69. The number of rotatable bonds is 5. The third-order valence-electron chi connectivity index (χ3n) is 3.92. The second-order valence-electron chi connectivity index (χ2n) is 5.70. The van der Waals surface area contributed by atoms with Gasteiger partial charge in [0.1, 0.15) is 0 Å². The molecule has 0 spiro atoms. The first-order valence-electron chi connectivity index (χ1n) is 7.76. The number of nitrogens with zero attached hydrogens (tertiary/aromatic N) is 3. The van der Waals surface area contributed by atoms with Crippen LogP contribution in [0.15, 0.2) is 36.7 Å². The summed E-state index contributed by atoms with van der Waals surface area (Å²) in [4.78, 5) is 15.9. The molecule has 118 valence electrons. The number of fused-ring (bicyclic) bond motifs is 1. The number of unbranched alkanes of at least 4 members (excludes halogenated alkanes) is 1. The zero-order chi connectivity index (χ0) is 16.4. The fourth-order valence-corrected chi connectivity index (χ4v) is 2.63. The molecule has 0 saturated heterocycles. The Bertz CT molecular complexity index is 851. The molecule has 0 unspecified atom stereocenters. The van der Waals surface area contributed by atoms with Crippen molar-refractivity contribution < 1.29 is 9.90 Å². The molecule has 3 rings (SSSR count). The van der Waals surface area contributed by atoms with E-state index in [0.29, 0.717) is 0 Å². The van der Waals surface area contributed by atoms with Crippen molar-refractivity contribution in [2.75, 3.05) is 0 Å². The summed E-state index contributed by atoms with van der Waals surface area (Å²) in [5, 5.41) is 14.8. The molecule has 2 heterocycles. The van der Waals surface area contributed by atoms with Crippen LogP contribution in [-0.4, -0.2) is 25.8 Å². The van der Waals surface area contributed by atoms with Gasteiger partial charge < -0.3 is 5.11 Å². The van der Waals surface area contributed by atoms with E-state index in [4.69, 9.17) is 0 Å². The van der Waals surface area contributed by atoms with Gasteiger partial charge in [0.25, 0.3) is 0 Å². The average Bonchev–Trinajstić information content (AvgIpc) is 2.96. The van der Waals surface area contributed by atoms with Gasteiger partial charge in [-0.3, -0.25) is 9.67 Å². The number of carboxylic acid groups (broad SMARTS) is 1. The third-order valence-corrected chi connectivity index (χ3v) is 3.92. The Labute approximate surface area is 134 Å². The first-order chi connectivity index (χ1) is 11.1. The fourth-order valence-electron chi connectivity index (χ4n) is 2.63. The van der Waals surface area contributed by atoms with Crippen molar-refractivity contribution >= 4 is 16.9 Å². The molecule has 0 radical (unpaired) electrons. The highest BCUT2D eigenvalue weighted by atomic mass is 16.4. The van der Waals surface area contributed by atoms with Crippen molar-refractivity contribution in [3.63, 3.8) is 0 Å². The first-order valence-corrected chi connectivity index (χ1v) is 7.76. The molecule has 5 nitrogen and oxygen atoms in total. The standard InChI is InChI=1S/C18H19N3O2/c1-3-4-7-21-17-9-13(18(22)23)8-14(15(17)11-20-21)16-6-5-12(2)10-19-16/h5-6,8-11H,3-4,7H2,1-2H3,(H,22,23). The van der Waals surface area contributed by atoms with E-state index in [2.05, 4.69) is 17.0 Å². The largest absolute Gasteiger partial charge is 0.478 e. The predicted molar refractivity (Wildman–Crippen MR) is 89.6 cm³/mol. The summed E-state index contributed by atoms with van der Waals surface area (Å²) < 4.78 is 1.88. The van der Waals surface area contributed by atoms with Crippen molar-refractivity contribution in [2.45, 2.75) is 33.2 Å². The monoisotopic (exact) mass is 309 g/mol. The van der Waals surface area contributed by atoms with E-state index in [1.54, 1.807) is 24.5 Å². The van der Waals surface area contributed by atoms with E-state index in [1.807, 2.05) is 23.7 Å². The minimum Gasteiger partial charge on any atom is -0.478 e. The SMILES string of the molecule is CCCCn1ncc2c(-c3ccc(C)cn3)cc(C(=O)O)cc21. The molecule has 1 aromatic carbocycles. The lowest BCUT2D eigenvalue weighted by atomic mass is 10.0. The number of aromatic carboxylic acids is 1. The van der Waals surface area contributed by atoms with Gasteiger partial charge in [-0.05, 0) is 37.1 Å². The highest BCUT2D eigenvalue weighted by molar-refractivity contribution is 6.00. The minimum absolute atomic E-state index is 0.258. The van der Waals surface area contributed by atoms with Gasteiger partial charge in [0.05, 0.1) is 23.0 Å². The molecular weight excluding hydrogens is 290 g/mol. The molecule has 0 bridgehead atoms. The molecule has 0 amide bonds. The molecule has 23 heavy (non-hydrogen) atoms. The Morgan fingerprint density at radius 2 is 2.09 bits per heavy atom. The highest BCUT2D eigenvalue weighted by Crippen LogP contribution is 2.29. The summed E-state index contributed by atoms with van der Waals surface area (Å²) in [5.74, 6) is -0.941. The number of pyridine rings is 1. The maximum atomic E-state index is 11.5. The summed E-state index contributed by atoms with van der Waals surface area (Å²) in [7, 11) is 0. The molecule has 0 aliphatic heterocycles. The van der Waals surface area contributed by atoms with Crippen LogP contribution in [0.5, 0.6) is 0 Å². The van der Waals surface area contributed by atoms with Crippen molar-refractivity contribution in [1.82, 2.24) is 14.8 Å². The smallest absolute Gasteiger partial charge is 0.335 e. The summed E-state index contributed by atoms with van der Waals surface area (Å²) in [5.41, 5.74) is 3.74. The number of benzene rings is 1. The van der Waals surface area contributed by atoms with E-state index in [1.165, 1.54) is 0 Å². The van der Waals surface area contributed by atoms with Gasteiger partial charge >= 0.3 is 5.97 Å². The summed E-state index contributed by atoms with van der Waals surface area (Å²) >= 11 is 0. The van der Waals surface area contributed by atoms with Crippen molar-refractivity contribution in [2.24, 2.45) is 0 Å². The molecular formula is C18H19N3O2. The zero-order valence-electron chi connectivity index (χ0n) is 13.3. The maximum absolute atomic E-state index is 11.5. The number of hydrogen-bond acceptors (Lipinski definition) is 3. The van der Waals surface area contributed by atoms with Gasteiger partial charge in [0, 0.05) is 23.7 Å². The molecule has 0 aliphatic carbocycles. The third kappa shape index (κ3) is 2.95. The Balaban J connectivity index is 2.21. The number of carbonyl (C=O) groups is 1. The van der Waals surface area contributed by atoms with Gasteiger partial charge in [-0.1, -0.05) is 19.4 Å². The number of aromatic nitrogens is 3. The van der Waals surface area contributed by atoms with Crippen LogP contribution < -0.4 is 0 Å². The lowest BCUT2D eigenvalue weighted by Crippen LogP contribution is -2.02. The van der Waals surface area contributed by atoms with E-state index < -0.39 is 5.97 Å². The van der Waals surface area contributed by atoms with E-state index in [-0.39, 0.29) is 5.56 Å². The quantitative estimate of drug-likeness (QED) is 0.776. The van der Waals surface area contributed by atoms with Crippen LogP contribution in [0.2, 0.25) is 0 Å². The van der Waals surface area contributed by atoms with Gasteiger partial charge in [0.2, 0.25) is 0 Å². The van der Waals surface area contributed by atoms with Crippen LogP contribution in [0.25, 0.3) is 22.2 Å². The fraction of sp³-hybridized carbons (Fsp3) is 0.278. The lowest BCUT2D eigenvalue weighted by Gasteiger charge is -2.07. The maximum Gasteiger partial charge on any atom is 0.335 e. The van der Waals surface area contributed by atoms with Gasteiger partial charge in [-0.25, -0.2) is 4.79 Å². The second-order valence-corrected chi connectivity index (χ2v) is 5.70. The number of carboxylic acids is 1. The molecule has 0 aliphatic rings. The van der Waals surface area contributed by atoms with Crippen molar-refractivity contribution in [1.29, 1.82) is 0 Å². The van der Waals surface area contributed by atoms with Gasteiger partial charge in [-0.15, -0.1) is 0 Å². The predicted octanol–water partition coefficient (Wildman–Crippen LogP) is 3.91. The molecule has 2 aromatic heterocycles. The van der Waals surface area contributed by atoms with Crippen molar-refractivity contribution in [3.05, 3.63) is 47.8 Å². The molecule has 0 fully saturated rings. The number of aryl methyl sites for hydroxylation is 2. The molecule has 0 atom stereocenters. The second kappa shape index (κ2) is 6.20. The topological polar surface area (TPSA) is 68.0 Å². The van der Waals surface area contributed by atoms with Crippen LogP contribution in [0.3, 0.4) is 0 Å².